The molecule has 0 N–H and O–H groups in total. The van der Waals surface area contributed by atoms with Gasteiger partial charge in [0.1, 0.15) is 0 Å². The van der Waals surface area contributed by atoms with E-state index >= 15 is 0 Å². The summed E-state index contributed by atoms with van der Waals surface area (Å²) >= 11 is -1.02. The Labute approximate surface area is 182 Å². The Bertz CT molecular complexity index is 315. The molecule has 1 aliphatic rings. The molecule has 1 saturated heterocycles. The zero-order valence-electron chi connectivity index (χ0n) is 20.0. The molecule has 1 fully saturated rings. The molecule has 1 aliphatic heterocycles. The summed E-state index contributed by atoms with van der Waals surface area (Å²) in [6.07, 6.45) is 20.2. The number of rotatable bonds is 18. The van der Waals surface area contributed by atoms with Crippen molar-refractivity contribution in [2.24, 2.45) is 5.92 Å². The van der Waals surface area contributed by atoms with Crippen LogP contribution in [-0.2, 0) is 3.79 Å². The summed E-state index contributed by atoms with van der Waals surface area (Å²) in [7, 11) is 0. The highest BCUT2D eigenvalue weighted by Crippen LogP contribution is 2.25. The highest BCUT2D eigenvalue weighted by atomic mass is 27.2. The molecule has 0 radical (unpaired) electrons. The monoisotopic (exact) mass is 409 g/mol. The molecule has 0 amide bonds. The predicted molar refractivity (Wildman–Crippen MR) is 128 cm³/mol. The summed E-state index contributed by atoms with van der Waals surface area (Å²) in [5.74, 6) is 0.812. The van der Waals surface area contributed by atoms with Crippen LogP contribution in [0.4, 0.5) is 0 Å². The lowest BCUT2D eigenvalue weighted by atomic mass is 9.92. The minimum atomic E-state index is -1.02. The van der Waals surface area contributed by atoms with Gasteiger partial charge in [0, 0.05) is 6.10 Å². The molecular weight excluding hydrogens is 357 g/mol. The summed E-state index contributed by atoms with van der Waals surface area (Å²) in [6, 6.07) is 0. The number of hydrogen-bond donors (Lipinski definition) is 0. The first kappa shape index (κ1) is 26.5. The number of hydrogen-bond acceptors (Lipinski definition) is 2. The highest BCUT2D eigenvalue weighted by Gasteiger charge is 2.28. The van der Waals surface area contributed by atoms with Gasteiger partial charge in [-0.25, -0.2) is 0 Å². The van der Waals surface area contributed by atoms with Gasteiger partial charge in [0.25, 0.3) is 0 Å². The van der Waals surface area contributed by atoms with E-state index in [1.165, 1.54) is 120 Å². The van der Waals surface area contributed by atoms with Crippen molar-refractivity contribution in [3.63, 3.8) is 0 Å². The lowest BCUT2D eigenvalue weighted by molar-refractivity contribution is 0.0880. The third-order valence-corrected chi connectivity index (χ3v) is 9.83. The summed E-state index contributed by atoms with van der Waals surface area (Å²) in [5, 5.41) is 2.86. The van der Waals surface area contributed by atoms with E-state index in [1.807, 2.05) is 0 Å². The fourth-order valence-corrected chi connectivity index (χ4v) is 7.62. The number of piperidine rings is 1. The average molecular weight is 410 g/mol. The first-order chi connectivity index (χ1) is 13.7. The third-order valence-electron chi connectivity index (χ3n) is 6.91. The standard InChI is InChI=1S/C9H18NO.2C8H17.Al/c1-3-10-6-4-9(5-7-10)8(2)11;2*1-3-5-7-8-6-4-2;/h8-9H,3-7H2,1-2H3;2*1,3-8H2,2H3;/q-1;;;+1. The van der Waals surface area contributed by atoms with Crippen LogP contribution in [0.5, 0.6) is 0 Å². The van der Waals surface area contributed by atoms with Gasteiger partial charge in [-0.1, -0.05) is 108 Å². The van der Waals surface area contributed by atoms with Crippen molar-refractivity contribution in [3.8, 4) is 0 Å². The van der Waals surface area contributed by atoms with Gasteiger partial charge in [0.05, 0.1) is 0 Å². The molecule has 1 heterocycles. The number of unbranched alkanes of at least 4 members (excludes halogenated alkanes) is 10. The van der Waals surface area contributed by atoms with Gasteiger partial charge in [0.15, 0.2) is 0 Å². The highest BCUT2D eigenvalue weighted by molar-refractivity contribution is 6.51. The minimum Gasteiger partial charge on any atom is -0.498 e. The minimum absolute atomic E-state index is 0.510. The third kappa shape index (κ3) is 12.9. The van der Waals surface area contributed by atoms with E-state index in [2.05, 4.69) is 32.6 Å². The second-order valence-corrected chi connectivity index (χ2v) is 12.0. The van der Waals surface area contributed by atoms with E-state index in [-0.39, 0.29) is 0 Å². The lowest BCUT2D eigenvalue weighted by Gasteiger charge is -2.35. The normalized spacial score (nSPS) is 17.1. The van der Waals surface area contributed by atoms with Crippen molar-refractivity contribution in [1.82, 2.24) is 4.90 Å². The second-order valence-electron chi connectivity index (χ2n) is 9.35. The Kier molecular flexibility index (Phi) is 17.3. The van der Waals surface area contributed by atoms with E-state index in [0.29, 0.717) is 6.10 Å². The van der Waals surface area contributed by atoms with E-state index in [0.717, 1.165) is 5.92 Å². The van der Waals surface area contributed by atoms with Crippen LogP contribution < -0.4 is 0 Å². The number of nitrogens with zero attached hydrogens (tertiary/aromatic N) is 1. The molecule has 0 bridgehead atoms. The maximum Gasteiger partial charge on any atom is 0.460 e. The lowest BCUT2D eigenvalue weighted by Crippen LogP contribution is -2.39. The zero-order chi connectivity index (χ0) is 20.5. The first-order valence-electron chi connectivity index (χ1n) is 13.1. The molecule has 2 nitrogen and oxygen atoms in total. The topological polar surface area (TPSA) is 12.5 Å². The quantitative estimate of drug-likeness (QED) is 0.169. The Morgan fingerprint density at radius 1 is 0.750 bits per heavy atom. The molecule has 0 spiro atoms. The maximum absolute atomic E-state index is 6.83. The van der Waals surface area contributed by atoms with Crippen LogP contribution in [0.3, 0.4) is 0 Å². The van der Waals surface area contributed by atoms with E-state index in [9.17, 15) is 0 Å². The van der Waals surface area contributed by atoms with Gasteiger partial charge in [-0.15, -0.1) is 0 Å². The number of likely N-dealkylation sites (tertiary alicyclic amines) is 1. The summed E-state index contributed by atoms with van der Waals surface area (Å²) in [5.41, 5.74) is 0. The van der Waals surface area contributed by atoms with Crippen molar-refractivity contribution >= 4 is 14.5 Å². The summed E-state index contributed by atoms with van der Waals surface area (Å²) in [4.78, 5) is 2.60. The van der Waals surface area contributed by atoms with Crippen LogP contribution in [-0.4, -0.2) is 45.1 Å². The van der Waals surface area contributed by atoms with Crippen LogP contribution in [0.25, 0.3) is 0 Å². The molecule has 1 rings (SSSR count). The fourth-order valence-electron chi connectivity index (χ4n) is 4.74. The second kappa shape index (κ2) is 18.2. The Hall–Kier alpha value is 0.452. The smallest absolute Gasteiger partial charge is 0.460 e. The van der Waals surface area contributed by atoms with Crippen molar-refractivity contribution in [2.45, 2.75) is 134 Å². The van der Waals surface area contributed by atoms with E-state index in [1.54, 1.807) is 0 Å². The first-order valence-corrected chi connectivity index (χ1v) is 15.2. The van der Waals surface area contributed by atoms with Crippen molar-refractivity contribution in [3.05, 3.63) is 0 Å². The van der Waals surface area contributed by atoms with Crippen LogP contribution >= 0.6 is 0 Å². The van der Waals surface area contributed by atoms with E-state index in [4.69, 9.17) is 3.79 Å². The van der Waals surface area contributed by atoms with Crippen LogP contribution in [0.15, 0.2) is 0 Å². The summed E-state index contributed by atoms with van der Waals surface area (Å²) in [6.45, 7) is 13.1. The Balaban J connectivity index is 2.31. The van der Waals surface area contributed by atoms with E-state index < -0.39 is 14.5 Å². The molecule has 0 saturated carbocycles. The molecular formula is C25H52AlNO. The predicted octanol–water partition coefficient (Wildman–Crippen LogP) is 7.84. The molecule has 1 unspecified atom stereocenters. The van der Waals surface area contributed by atoms with Gasteiger partial charge in [-0.05, 0) is 45.3 Å². The van der Waals surface area contributed by atoms with Gasteiger partial charge in [0.2, 0.25) is 0 Å². The SMILES string of the molecule is CCCCCCC[CH2][Al]([CH2]CCCCCCC)[O]C(C)C1CCN(CC)CC1. The molecule has 166 valence electrons. The Morgan fingerprint density at radius 2 is 1.21 bits per heavy atom. The maximum atomic E-state index is 6.83. The van der Waals surface area contributed by atoms with Gasteiger partial charge in [-0.3, -0.25) is 0 Å². The average Bonchev–Trinajstić information content (AvgIpc) is 2.72. The van der Waals surface area contributed by atoms with Crippen molar-refractivity contribution < 1.29 is 3.79 Å². The van der Waals surface area contributed by atoms with Crippen LogP contribution in [0, 0.1) is 5.92 Å². The van der Waals surface area contributed by atoms with Gasteiger partial charge < -0.3 is 8.69 Å². The summed E-state index contributed by atoms with van der Waals surface area (Å²) < 4.78 is 6.83. The van der Waals surface area contributed by atoms with Gasteiger partial charge >= 0.3 is 14.5 Å². The van der Waals surface area contributed by atoms with Crippen LogP contribution in [0.1, 0.15) is 118 Å². The Morgan fingerprint density at radius 3 is 1.68 bits per heavy atom. The molecule has 1 atom stereocenters. The van der Waals surface area contributed by atoms with Crippen LogP contribution in [0.2, 0.25) is 10.6 Å². The van der Waals surface area contributed by atoms with Crippen molar-refractivity contribution in [2.75, 3.05) is 19.6 Å². The van der Waals surface area contributed by atoms with Gasteiger partial charge in [-0.2, -0.15) is 0 Å². The molecule has 0 aromatic heterocycles. The molecule has 3 heteroatoms. The van der Waals surface area contributed by atoms with Crippen molar-refractivity contribution in [1.29, 1.82) is 0 Å². The molecule has 0 aromatic rings. The fraction of sp³-hybridized carbons (Fsp3) is 1.00. The zero-order valence-corrected chi connectivity index (χ0v) is 21.2. The largest absolute Gasteiger partial charge is 0.498 e. The molecule has 0 aliphatic carbocycles. The molecule has 28 heavy (non-hydrogen) atoms. The molecule has 0 aromatic carbocycles.